The van der Waals surface area contributed by atoms with E-state index >= 15 is 0 Å². The van der Waals surface area contributed by atoms with Crippen LogP contribution in [0, 0.1) is 10.1 Å². The van der Waals surface area contributed by atoms with E-state index < -0.39 is 0 Å². The van der Waals surface area contributed by atoms with E-state index in [-0.39, 0.29) is 22.9 Å². The number of non-ortho nitro benzene ring substituents is 1. The third-order valence-corrected chi connectivity index (χ3v) is 5.47. The minimum absolute atomic E-state index is 0.0815. The Morgan fingerprint density at radius 1 is 1.14 bits per heavy atom. The lowest BCUT2D eigenvalue weighted by Gasteiger charge is -2.38. The molecule has 146 valence electrons. The predicted octanol–water partition coefficient (Wildman–Crippen LogP) is 5.76. The number of benzene rings is 2. The van der Waals surface area contributed by atoms with Crippen molar-refractivity contribution >= 4 is 11.4 Å². The van der Waals surface area contributed by atoms with Gasteiger partial charge < -0.3 is 4.74 Å². The molecule has 0 radical (unpaired) electrons. The first-order chi connectivity index (χ1) is 13.7. The van der Waals surface area contributed by atoms with Crippen LogP contribution in [0.1, 0.15) is 68.8 Å². The van der Waals surface area contributed by atoms with E-state index in [1.54, 1.807) is 12.1 Å². The zero-order chi connectivity index (χ0) is 19.5. The van der Waals surface area contributed by atoms with E-state index in [0.29, 0.717) is 0 Å². The van der Waals surface area contributed by atoms with E-state index in [4.69, 9.17) is 9.84 Å². The second-order valence-corrected chi connectivity index (χ2v) is 7.43. The standard InChI is InChI=1S/C22H25N3O3/c1-2-3-4-5-8-17-15-20-19-9-6-7-10-21(19)28-22(24(20)23-17)16-11-13-18(14-12-16)25(26)27/h6-7,9-14,20,22H,2-5,8,15H2,1H3/t20-,22-/m1/s1. The second kappa shape index (κ2) is 8.00. The minimum Gasteiger partial charge on any atom is -0.464 e. The fraction of sp³-hybridized carbons (Fsp3) is 0.409. The maximum atomic E-state index is 11.0. The van der Waals surface area contributed by atoms with Gasteiger partial charge in [-0.05, 0) is 31.0 Å². The molecule has 6 nitrogen and oxygen atoms in total. The molecule has 0 N–H and O–H groups in total. The lowest BCUT2D eigenvalue weighted by atomic mass is 9.96. The number of hydrogen-bond donors (Lipinski definition) is 0. The summed E-state index contributed by atoms with van der Waals surface area (Å²) in [6.45, 7) is 2.22. The van der Waals surface area contributed by atoms with Gasteiger partial charge in [0.15, 0.2) is 0 Å². The van der Waals surface area contributed by atoms with Crippen LogP contribution in [-0.4, -0.2) is 15.6 Å². The number of unbranched alkanes of at least 4 members (excludes halogenated alkanes) is 3. The maximum absolute atomic E-state index is 11.0. The van der Waals surface area contributed by atoms with Crippen molar-refractivity contribution < 1.29 is 9.66 Å². The normalized spacial score (nSPS) is 20.2. The van der Waals surface area contributed by atoms with E-state index in [9.17, 15) is 10.1 Å². The Kier molecular flexibility index (Phi) is 5.28. The first-order valence-electron chi connectivity index (χ1n) is 10.0. The highest BCUT2D eigenvalue weighted by Crippen LogP contribution is 2.47. The average molecular weight is 379 g/mol. The van der Waals surface area contributed by atoms with Gasteiger partial charge >= 0.3 is 0 Å². The van der Waals surface area contributed by atoms with E-state index in [2.05, 4.69) is 13.0 Å². The van der Waals surface area contributed by atoms with Crippen LogP contribution in [0.3, 0.4) is 0 Å². The molecule has 2 heterocycles. The molecule has 28 heavy (non-hydrogen) atoms. The molecule has 0 aliphatic carbocycles. The van der Waals surface area contributed by atoms with Gasteiger partial charge in [-0.25, -0.2) is 5.01 Å². The maximum Gasteiger partial charge on any atom is 0.269 e. The summed E-state index contributed by atoms with van der Waals surface area (Å²) in [6.07, 6.45) is 6.45. The molecule has 2 aliphatic heterocycles. The van der Waals surface area contributed by atoms with E-state index in [1.807, 2.05) is 23.2 Å². The van der Waals surface area contributed by atoms with Gasteiger partial charge in [0, 0.05) is 35.4 Å². The lowest BCUT2D eigenvalue weighted by Crippen LogP contribution is -2.33. The molecule has 0 spiro atoms. The Bertz CT molecular complexity index is 879. The largest absolute Gasteiger partial charge is 0.464 e. The molecule has 0 fully saturated rings. The third kappa shape index (κ3) is 3.59. The quantitative estimate of drug-likeness (QED) is 0.348. The second-order valence-electron chi connectivity index (χ2n) is 7.43. The molecule has 2 aromatic rings. The van der Waals surface area contributed by atoms with Crippen molar-refractivity contribution in [2.75, 3.05) is 0 Å². The number of hydrogen-bond acceptors (Lipinski definition) is 5. The van der Waals surface area contributed by atoms with Crippen molar-refractivity contribution in [3.8, 4) is 5.75 Å². The summed E-state index contributed by atoms with van der Waals surface area (Å²) in [6, 6.07) is 14.9. The van der Waals surface area contributed by atoms with Gasteiger partial charge in [-0.3, -0.25) is 10.1 Å². The van der Waals surface area contributed by atoms with Crippen molar-refractivity contribution in [2.45, 2.75) is 57.7 Å². The smallest absolute Gasteiger partial charge is 0.269 e. The van der Waals surface area contributed by atoms with Gasteiger partial charge in [0.25, 0.3) is 5.69 Å². The van der Waals surface area contributed by atoms with Crippen LogP contribution in [0.15, 0.2) is 53.6 Å². The number of para-hydroxylation sites is 1. The van der Waals surface area contributed by atoms with Gasteiger partial charge in [-0.1, -0.05) is 44.4 Å². The molecule has 2 aromatic carbocycles. The molecule has 0 bridgehead atoms. The van der Waals surface area contributed by atoms with E-state index in [1.165, 1.54) is 37.1 Å². The summed E-state index contributed by atoms with van der Waals surface area (Å²) in [5, 5.41) is 17.9. The van der Waals surface area contributed by atoms with Crippen LogP contribution >= 0.6 is 0 Å². The molecule has 6 heteroatoms. The number of nitrogens with zero attached hydrogens (tertiary/aromatic N) is 3. The summed E-state index contributed by atoms with van der Waals surface area (Å²) in [5.41, 5.74) is 3.33. The summed E-state index contributed by atoms with van der Waals surface area (Å²) >= 11 is 0. The first kappa shape index (κ1) is 18.5. The zero-order valence-corrected chi connectivity index (χ0v) is 16.1. The first-order valence-corrected chi connectivity index (χ1v) is 10.0. The molecule has 2 aliphatic rings. The molecule has 0 amide bonds. The highest BCUT2D eigenvalue weighted by atomic mass is 16.6. The van der Waals surface area contributed by atoms with Crippen LogP contribution in [0.2, 0.25) is 0 Å². The fourth-order valence-corrected chi connectivity index (χ4v) is 3.99. The molecule has 0 unspecified atom stereocenters. The Morgan fingerprint density at radius 2 is 1.93 bits per heavy atom. The number of hydrazone groups is 1. The van der Waals surface area contributed by atoms with Crippen LogP contribution in [0.5, 0.6) is 5.75 Å². The Hall–Kier alpha value is -2.89. The highest BCUT2D eigenvalue weighted by molar-refractivity contribution is 5.86. The van der Waals surface area contributed by atoms with Gasteiger partial charge in [0.2, 0.25) is 6.23 Å². The molecule has 2 atom stereocenters. The van der Waals surface area contributed by atoms with Crippen molar-refractivity contribution in [1.29, 1.82) is 0 Å². The molecule has 0 aromatic heterocycles. The van der Waals surface area contributed by atoms with Crippen LogP contribution in [0.4, 0.5) is 5.69 Å². The average Bonchev–Trinajstić information content (AvgIpc) is 3.15. The molecular formula is C22H25N3O3. The summed E-state index contributed by atoms with van der Waals surface area (Å²) in [7, 11) is 0. The summed E-state index contributed by atoms with van der Waals surface area (Å²) in [5.74, 6) is 0.870. The summed E-state index contributed by atoms with van der Waals surface area (Å²) in [4.78, 5) is 10.6. The predicted molar refractivity (Wildman–Crippen MR) is 108 cm³/mol. The number of nitro groups is 1. The third-order valence-electron chi connectivity index (χ3n) is 5.47. The van der Waals surface area contributed by atoms with Crippen LogP contribution in [0.25, 0.3) is 0 Å². The molecule has 0 saturated heterocycles. The zero-order valence-electron chi connectivity index (χ0n) is 16.1. The van der Waals surface area contributed by atoms with E-state index in [0.717, 1.165) is 36.1 Å². The molecular weight excluding hydrogens is 354 g/mol. The van der Waals surface area contributed by atoms with Gasteiger partial charge in [0.05, 0.1) is 11.0 Å². The van der Waals surface area contributed by atoms with Crippen molar-refractivity contribution in [1.82, 2.24) is 5.01 Å². The monoisotopic (exact) mass is 379 g/mol. The van der Waals surface area contributed by atoms with Gasteiger partial charge in [0.1, 0.15) is 5.75 Å². The number of nitro benzene ring substituents is 1. The number of rotatable bonds is 7. The van der Waals surface area contributed by atoms with Crippen molar-refractivity contribution in [2.24, 2.45) is 5.10 Å². The Balaban J connectivity index is 1.60. The number of fused-ring (bicyclic) bond motifs is 3. The Morgan fingerprint density at radius 3 is 2.68 bits per heavy atom. The van der Waals surface area contributed by atoms with Crippen LogP contribution < -0.4 is 4.74 Å². The van der Waals surface area contributed by atoms with Crippen molar-refractivity contribution in [3.05, 3.63) is 69.8 Å². The molecule has 4 rings (SSSR count). The topological polar surface area (TPSA) is 68.0 Å². The van der Waals surface area contributed by atoms with Gasteiger partial charge in [-0.2, -0.15) is 5.10 Å². The molecule has 0 saturated carbocycles. The Labute approximate surface area is 165 Å². The van der Waals surface area contributed by atoms with Gasteiger partial charge in [-0.15, -0.1) is 0 Å². The highest BCUT2D eigenvalue weighted by Gasteiger charge is 2.40. The fourth-order valence-electron chi connectivity index (χ4n) is 3.99. The summed E-state index contributed by atoms with van der Waals surface area (Å²) < 4.78 is 6.27. The lowest BCUT2D eigenvalue weighted by molar-refractivity contribution is -0.384. The van der Waals surface area contributed by atoms with Crippen molar-refractivity contribution in [3.63, 3.8) is 0 Å². The number of ether oxygens (including phenoxy) is 1. The SMILES string of the molecule is CCCCCCC1=NN2[C@H](C1)c1ccccc1O[C@@H]2c1ccc([N+](=O)[O-])cc1. The van der Waals surface area contributed by atoms with Crippen LogP contribution in [-0.2, 0) is 0 Å². The minimum atomic E-state index is -0.383.